The molecule has 0 heterocycles. The number of hydrogen-bond donors (Lipinski definition) is 1. The molecule has 0 aliphatic heterocycles. The first kappa shape index (κ1) is 21.1. The first-order valence-corrected chi connectivity index (χ1v) is 9.67. The highest BCUT2D eigenvalue weighted by atomic mass is 32.2. The minimum Gasteiger partial charge on any atom is -0.468 e. The molecule has 2 aromatic carbocycles. The van der Waals surface area contributed by atoms with Crippen molar-refractivity contribution in [2.75, 3.05) is 14.2 Å². The average Bonchev–Trinajstić information content (AvgIpc) is 2.74. The molecule has 0 aromatic heterocycles. The zero-order valence-electron chi connectivity index (χ0n) is 15.3. The average molecular weight is 401 g/mol. The topological polar surface area (TPSA) is 111 Å². The first-order chi connectivity index (χ1) is 13.4. The summed E-state index contributed by atoms with van der Waals surface area (Å²) in [6, 6.07) is 15.5. The molecule has 2 rings (SSSR count). The van der Waals surface area contributed by atoms with Crippen LogP contribution in [0.1, 0.15) is 11.5 Å². The summed E-state index contributed by atoms with van der Waals surface area (Å²) in [4.78, 5) is 24.2. The highest BCUT2D eigenvalue weighted by Crippen LogP contribution is 2.37. The quantitative estimate of drug-likeness (QED) is 0.433. The molecule has 0 radical (unpaired) electrons. The Morgan fingerprint density at radius 3 is 1.79 bits per heavy atom. The van der Waals surface area contributed by atoms with Gasteiger partial charge in [-0.1, -0.05) is 48.5 Å². The standard InChI is InChI=1S/C20H19NO6S/c1-26-19(22)18(20(23)27-2)17(14-9-5-3-6-10-14)16(13-21)28(24,25)15-11-7-4-8-12-15/h3-12,17-18,21H,1-2H3. The third-order valence-corrected chi connectivity index (χ3v) is 5.98. The van der Waals surface area contributed by atoms with Crippen LogP contribution in [0.4, 0.5) is 0 Å². The van der Waals surface area contributed by atoms with Crippen molar-refractivity contribution in [3.63, 3.8) is 0 Å². The zero-order chi connectivity index (χ0) is 20.7. The molecule has 0 saturated carbocycles. The molecule has 146 valence electrons. The van der Waals surface area contributed by atoms with Crippen LogP contribution in [0.3, 0.4) is 0 Å². The van der Waals surface area contributed by atoms with Crippen LogP contribution in [0.15, 0.2) is 70.5 Å². The highest BCUT2D eigenvalue weighted by molar-refractivity contribution is 7.95. The van der Waals surface area contributed by atoms with Gasteiger partial charge >= 0.3 is 11.9 Å². The smallest absolute Gasteiger partial charge is 0.321 e. The van der Waals surface area contributed by atoms with Gasteiger partial charge in [-0.2, -0.15) is 0 Å². The van der Waals surface area contributed by atoms with Crippen LogP contribution in [-0.2, 0) is 28.9 Å². The van der Waals surface area contributed by atoms with Crippen molar-refractivity contribution in [2.45, 2.75) is 10.8 Å². The second kappa shape index (κ2) is 9.12. The Morgan fingerprint density at radius 1 is 0.893 bits per heavy atom. The maximum atomic E-state index is 13.2. The second-order valence-corrected chi connectivity index (χ2v) is 7.64. The zero-order valence-corrected chi connectivity index (χ0v) is 16.1. The van der Waals surface area contributed by atoms with Crippen molar-refractivity contribution in [1.82, 2.24) is 0 Å². The molecule has 1 atom stereocenters. The molecule has 0 fully saturated rings. The van der Waals surface area contributed by atoms with Gasteiger partial charge in [0, 0.05) is 0 Å². The summed E-state index contributed by atoms with van der Waals surface area (Å²) in [6.07, 6.45) is 0. The molecule has 1 unspecified atom stereocenters. The summed E-state index contributed by atoms with van der Waals surface area (Å²) in [5.41, 5.74) is 0.331. The van der Waals surface area contributed by atoms with Crippen molar-refractivity contribution in [3.8, 4) is 0 Å². The Morgan fingerprint density at radius 2 is 1.36 bits per heavy atom. The van der Waals surface area contributed by atoms with Gasteiger partial charge in [0.2, 0.25) is 9.84 Å². The predicted octanol–water partition coefficient (Wildman–Crippen LogP) is 2.34. The third-order valence-electron chi connectivity index (χ3n) is 4.15. The third kappa shape index (κ3) is 4.19. The van der Waals surface area contributed by atoms with Crippen molar-refractivity contribution in [1.29, 1.82) is 5.41 Å². The Bertz CT molecular complexity index is 980. The number of carbonyl (C=O) groups excluding carboxylic acids is 2. The summed E-state index contributed by atoms with van der Waals surface area (Å²) in [5.74, 6) is -2.97. The van der Waals surface area contributed by atoms with Gasteiger partial charge in [0.25, 0.3) is 0 Å². The minimum absolute atomic E-state index is 0.0841. The molecule has 0 amide bonds. The molecule has 0 bridgehead atoms. The van der Waals surface area contributed by atoms with E-state index in [2.05, 4.69) is 0 Å². The second-order valence-electron chi connectivity index (χ2n) is 5.72. The van der Waals surface area contributed by atoms with Gasteiger partial charge in [-0.15, -0.1) is 0 Å². The fraction of sp³-hybridized carbons (Fsp3) is 0.200. The molecular weight excluding hydrogens is 382 g/mol. The summed E-state index contributed by atoms with van der Waals surface area (Å²) < 4.78 is 35.8. The maximum absolute atomic E-state index is 13.2. The lowest BCUT2D eigenvalue weighted by atomic mass is 9.85. The number of ether oxygens (including phenoxy) is 2. The molecule has 0 aliphatic carbocycles. The molecule has 1 N–H and O–H groups in total. The lowest BCUT2D eigenvalue weighted by Crippen LogP contribution is -2.35. The lowest BCUT2D eigenvalue weighted by Gasteiger charge is -2.24. The first-order valence-electron chi connectivity index (χ1n) is 8.18. The summed E-state index contributed by atoms with van der Waals surface area (Å²) in [6.45, 7) is 0. The van der Waals surface area contributed by atoms with Crippen LogP contribution in [0.5, 0.6) is 0 Å². The lowest BCUT2D eigenvalue weighted by molar-refractivity contribution is -0.159. The molecule has 8 heteroatoms. The van der Waals surface area contributed by atoms with Gasteiger partial charge in [0.1, 0.15) is 4.91 Å². The van der Waals surface area contributed by atoms with E-state index < -0.39 is 38.5 Å². The van der Waals surface area contributed by atoms with E-state index in [1.165, 1.54) is 24.3 Å². The van der Waals surface area contributed by atoms with E-state index in [1.807, 2.05) is 5.87 Å². The number of carbonyl (C=O) groups is 2. The summed E-state index contributed by atoms with van der Waals surface area (Å²) in [7, 11) is -2.06. The van der Waals surface area contributed by atoms with E-state index in [0.29, 0.717) is 5.56 Å². The largest absolute Gasteiger partial charge is 0.468 e. The number of sulfone groups is 1. The highest BCUT2D eigenvalue weighted by Gasteiger charge is 2.44. The fourth-order valence-electron chi connectivity index (χ4n) is 2.82. The van der Waals surface area contributed by atoms with Crippen molar-refractivity contribution in [2.24, 2.45) is 5.92 Å². The van der Waals surface area contributed by atoms with E-state index in [-0.39, 0.29) is 4.90 Å². The van der Waals surface area contributed by atoms with Crippen molar-refractivity contribution >= 4 is 27.6 Å². The van der Waals surface area contributed by atoms with E-state index in [9.17, 15) is 18.0 Å². The molecular formula is C20H19NO6S. The van der Waals surface area contributed by atoms with Gasteiger partial charge < -0.3 is 9.47 Å². The van der Waals surface area contributed by atoms with E-state index >= 15 is 0 Å². The molecule has 28 heavy (non-hydrogen) atoms. The number of hydrogen-bond acceptors (Lipinski definition) is 7. The van der Waals surface area contributed by atoms with Gasteiger partial charge in [0.05, 0.1) is 25.0 Å². The van der Waals surface area contributed by atoms with Crippen LogP contribution in [-0.4, -0.2) is 40.4 Å². The molecule has 2 aromatic rings. The molecule has 7 nitrogen and oxygen atoms in total. The monoisotopic (exact) mass is 401 g/mol. The van der Waals surface area contributed by atoms with Crippen LogP contribution in [0.2, 0.25) is 0 Å². The van der Waals surface area contributed by atoms with Crippen LogP contribution < -0.4 is 0 Å². The summed E-state index contributed by atoms with van der Waals surface area (Å²) >= 11 is 0. The Hall–Kier alpha value is -3.22. The van der Waals surface area contributed by atoms with Crippen molar-refractivity contribution < 1.29 is 27.5 Å². The number of methoxy groups -OCH3 is 2. The van der Waals surface area contributed by atoms with Gasteiger partial charge in [-0.05, 0) is 23.6 Å². The predicted molar refractivity (Wildman–Crippen MR) is 102 cm³/mol. The number of allylic oxidation sites excluding steroid dienone is 1. The van der Waals surface area contributed by atoms with E-state index in [1.54, 1.807) is 36.4 Å². The Balaban J connectivity index is 2.75. The van der Waals surface area contributed by atoms with Crippen LogP contribution in [0.25, 0.3) is 0 Å². The number of esters is 2. The van der Waals surface area contributed by atoms with E-state index in [0.717, 1.165) is 14.2 Å². The summed E-state index contributed by atoms with van der Waals surface area (Å²) in [5, 5.41) is 7.66. The fourth-order valence-corrected chi connectivity index (χ4v) is 4.33. The Kier molecular flexibility index (Phi) is 6.87. The normalized spacial score (nSPS) is 12.0. The minimum atomic E-state index is -4.22. The molecule has 0 saturated heterocycles. The molecule has 0 spiro atoms. The van der Waals surface area contributed by atoms with E-state index in [4.69, 9.17) is 14.9 Å². The maximum Gasteiger partial charge on any atom is 0.321 e. The SMILES string of the molecule is COC(=O)C(C(=O)OC)C(C(=C=N)S(=O)(=O)c1ccccc1)c1ccccc1. The van der Waals surface area contributed by atoms with Gasteiger partial charge in [-0.3, -0.25) is 15.0 Å². The molecule has 0 aliphatic rings. The van der Waals surface area contributed by atoms with Crippen LogP contribution >= 0.6 is 0 Å². The Labute approximate surface area is 163 Å². The number of benzene rings is 2. The van der Waals surface area contributed by atoms with Crippen molar-refractivity contribution in [3.05, 3.63) is 71.1 Å². The van der Waals surface area contributed by atoms with Gasteiger partial charge in [-0.25, -0.2) is 8.42 Å². The van der Waals surface area contributed by atoms with Crippen LogP contribution in [0, 0.1) is 11.3 Å². The number of nitrogens with one attached hydrogen (secondary N) is 1. The number of rotatable bonds is 7. The van der Waals surface area contributed by atoms with Gasteiger partial charge in [0.15, 0.2) is 5.92 Å².